The molecule has 1 saturated heterocycles. The van der Waals surface area contributed by atoms with Gasteiger partial charge in [0.15, 0.2) is 0 Å². The predicted molar refractivity (Wildman–Crippen MR) is 111 cm³/mol. The topological polar surface area (TPSA) is 57.6 Å². The molecule has 0 spiro atoms. The van der Waals surface area contributed by atoms with Gasteiger partial charge in [0.2, 0.25) is 0 Å². The van der Waals surface area contributed by atoms with Crippen LogP contribution in [0.1, 0.15) is 48.4 Å². The Morgan fingerprint density at radius 1 is 0.963 bits per heavy atom. The highest BCUT2D eigenvalue weighted by Crippen LogP contribution is 2.43. The first kappa shape index (κ1) is 18.4. The lowest BCUT2D eigenvalue weighted by molar-refractivity contribution is 0.0696. The van der Waals surface area contributed by atoms with Crippen LogP contribution in [-0.2, 0) is 13.0 Å². The number of hydrogen-bond acceptors (Lipinski definition) is 4. The van der Waals surface area contributed by atoms with Gasteiger partial charge in [0.1, 0.15) is 0 Å². The van der Waals surface area contributed by atoms with Crippen LogP contribution < -0.4 is 0 Å². The second-order valence-electron chi connectivity index (χ2n) is 6.81. The SMILES string of the molecule is O=C(O)c1ccc2c(c1)CN(C(=O)c1ccc(C3SCCCS3)cc1)CC2. The van der Waals surface area contributed by atoms with Crippen LogP contribution in [0.15, 0.2) is 42.5 Å². The third-order valence-electron chi connectivity index (χ3n) is 5.01. The quantitative estimate of drug-likeness (QED) is 0.826. The number of carboxylic acid groups (broad SMARTS) is 1. The van der Waals surface area contributed by atoms with E-state index in [2.05, 4.69) is 12.1 Å². The van der Waals surface area contributed by atoms with Gasteiger partial charge in [-0.25, -0.2) is 4.79 Å². The Balaban J connectivity index is 1.48. The molecule has 1 amide bonds. The first-order valence-electron chi connectivity index (χ1n) is 9.09. The van der Waals surface area contributed by atoms with Gasteiger partial charge in [-0.3, -0.25) is 4.79 Å². The summed E-state index contributed by atoms with van der Waals surface area (Å²) in [5.41, 5.74) is 4.31. The van der Waals surface area contributed by atoms with Crippen molar-refractivity contribution in [1.82, 2.24) is 4.90 Å². The lowest BCUT2D eigenvalue weighted by Crippen LogP contribution is -2.36. The average Bonchev–Trinajstić information content (AvgIpc) is 2.73. The Hall–Kier alpha value is -1.92. The molecule has 0 radical (unpaired) electrons. The predicted octanol–water partition coefficient (Wildman–Crippen LogP) is 4.45. The standard InChI is InChI=1S/C21H21NO3S2/c23-19(15-3-5-16(6-4-15)21-26-10-1-11-27-21)22-9-8-14-2-7-17(20(24)25)12-18(14)13-22/h2-7,12,21H,1,8-11,13H2,(H,24,25). The van der Waals surface area contributed by atoms with E-state index in [0.29, 0.717) is 23.2 Å². The van der Waals surface area contributed by atoms with Crippen LogP contribution in [-0.4, -0.2) is 39.9 Å². The number of amides is 1. The van der Waals surface area contributed by atoms with E-state index in [1.165, 1.54) is 23.5 Å². The van der Waals surface area contributed by atoms with Gasteiger partial charge in [0.05, 0.1) is 10.1 Å². The molecule has 2 aliphatic heterocycles. The fraction of sp³-hybridized carbons (Fsp3) is 0.333. The van der Waals surface area contributed by atoms with Crippen molar-refractivity contribution in [3.63, 3.8) is 0 Å². The van der Waals surface area contributed by atoms with Gasteiger partial charge in [-0.15, -0.1) is 23.5 Å². The average molecular weight is 400 g/mol. The zero-order chi connectivity index (χ0) is 18.8. The molecule has 4 nitrogen and oxygen atoms in total. The normalized spacial score (nSPS) is 17.4. The zero-order valence-corrected chi connectivity index (χ0v) is 16.5. The molecule has 6 heteroatoms. The molecule has 27 heavy (non-hydrogen) atoms. The molecule has 2 aromatic carbocycles. The number of carbonyl (C=O) groups is 2. The second-order valence-corrected chi connectivity index (χ2v) is 9.54. The molecule has 0 unspecified atom stereocenters. The highest BCUT2D eigenvalue weighted by Gasteiger charge is 2.23. The van der Waals surface area contributed by atoms with Crippen molar-refractivity contribution in [2.45, 2.75) is 24.0 Å². The molecule has 0 saturated carbocycles. The summed E-state index contributed by atoms with van der Waals surface area (Å²) < 4.78 is 0.471. The van der Waals surface area contributed by atoms with E-state index >= 15 is 0 Å². The van der Waals surface area contributed by atoms with E-state index in [4.69, 9.17) is 0 Å². The maximum absolute atomic E-state index is 12.9. The molecule has 2 aromatic rings. The van der Waals surface area contributed by atoms with Crippen LogP contribution in [0.4, 0.5) is 0 Å². The second kappa shape index (κ2) is 7.98. The summed E-state index contributed by atoms with van der Waals surface area (Å²) in [7, 11) is 0. The number of carbonyl (C=O) groups excluding carboxylic acids is 1. The van der Waals surface area contributed by atoms with E-state index in [-0.39, 0.29) is 11.5 Å². The number of fused-ring (bicyclic) bond motifs is 1. The van der Waals surface area contributed by atoms with E-state index in [9.17, 15) is 14.7 Å². The number of benzene rings is 2. The smallest absolute Gasteiger partial charge is 0.335 e. The molecule has 140 valence electrons. The van der Waals surface area contributed by atoms with Crippen molar-refractivity contribution in [1.29, 1.82) is 0 Å². The summed E-state index contributed by atoms with van der Waals surface area (Å²) in [6.45, 7) is 1.12. The van der Waals surface area contributed by atoms with Crippen molar-refractivity contribution in [3.05, 3.63) is 70.3 Å². The summed E-state index contributed by atoms with van der Waals surface area (Å²) in [6.07, 6.45) is 2.02. The molecular weight excluding hydrogens is 378 g/mol. The minimum absolute atomic E-state index is 0.0110. The minimum atomic E-state index is -0.935. The van der Waals surface area contributed by atoms with E-state index in [1.54, 1.807) is 12.1 Å². The molecule has 2 heterocycles. The van der Waals surface area contributed by atoms with Gasteiger partial charge in [0, 0.05) is 18.7 Å². The van der Waals surface area contributed by atoms with Crippen LogP contribution >= 0.6 is 23.5 Å². The molecule has 0 aromatic heterocycles. The Labute approximate surface area is 167 Å². The van der Waals surface area contributed by atoms with Crippen LogP contribution in [0.25, 0.3) is 0 Å². The number of carboxylic acids is 1. The van der Waals surface area contributed by atoms with Crippen LogP contribution in [0.2, 0.25) is 0 Å². The molecule has 4 rings (SSSR count). The maximum atomic E-state index is 12.9. The molecule has 0 aliphatic carbocycles. The number of nitrogens with zero attached hydrogens (tertiary/aromatic N) is 1. The number of aromatic carboxylic acids is 1. The summed E-state index contributed by atoms with van der Waals surface area (Å²) in [5, 5.41) is 9.19. The molecule has 1 fully saturated rings. The van der Waals surface area contributed by atoms with Gasteiger partial charge < -0.3 is 10.0 Å². The highest BCUT2D eigenvalue weighted by molar-refractivity contribution is 8.16. The van der Waals surface area contributed by atoms with Gasteiger partial charge in [0.25, 0.3) is 5.91 Å². The largest absolute Gasteiger partial charge is 0.478 e. The Morgan fingerprint density at radius 3 is 2.37 bits per heavy atom. The Bertz CT molecular complexity index is 860. The van der Waals surface area contributed by atoms with Crippen LogP contribution in [0, 0.1) is 0 Å². The molecular formula is C21H21NO3S2. The van der Waals surface area contributed by atoms with Crippen molar-refractivity contribution < 1.29 is 14.7 Å². The Kier molecular flexibility index (Phi) is 5.45. The lowest BCUT2D eigenvalue weighted by atomic mass is 9.97. The third-order valence-corrected chi connectivity index (χ3v) is 8.02. The van der Waals surface area contributed by atoms with Gasteiger partial charge in [-0.2, -0.15) is 0 Å². The number of rotatable bonds is 3. The lowest BCUT2D eigenvalue weighted by Gasteiger charge is -2.29. The van der Waals surface area contributed by atoms with Crippen molar-refractivity contribution in [2.75, 3.05) is 18.1 Å². The van der Waals surface area contributed by atoms with Crippen LogP contribution in [0.3, 0.4) is 0 Å². The summed E-state index contributed by atoms with van der Waals surface area (Å²) >= 11 is 3.95. The van der Waals surface area contributed by atoms with E-state index in [0.717, 1.165) is 17.5 Å². The zero-order valence-electron chi connectivity index (χ0n) is 14.9. The first-order valence-corrected chi connectivity index (χ1v) is 11.2. The number of thioether (sulfide) groups is 2. The van der Waals surface area contributed by atoms with Crippen molar-refractivity contribution in [3.8, 4) is 0 Å². The van der Waals surface area contributed by atoms with Gasteiger partial charge >= 0.3 is 5.97 Å². The monoisotopic (exact) mass is 399 g/mol. The summed E-state index contributed by atoms with van der Waals surface area (Å²) in [4.78, 5) is 25.9. The fourth-order valence-corrected chi connectivity index (χ4v) is 6.40. The molecule has 2 aliphatic rings. The van der Waals surface area contributed by atoms with Gasteiger partial charge in [-0.05, 0) is 65.3 Å². The van der Waals surface area contributed by atoms with E-state index in [1.807, 2.05) is 46.6 Å². The fourth-order valence-electron chi connectivity index (χ4n) is 3.51. The minimum Gasteiger partial charge on any atom is -0.478 e. The summed E-state index contributed by atoms with van der Waals surface area (Å²) in [6, 6.07) is 13.2. The van der Waals surface area contributed by atoms with Gasteiger partial charge in [-0.1, -0.05) is 18.2 Å². The Morgan fingerprint density at radius 2 is 1.67 bits per heavy atom. The number of hydrogen-bond donors (Lipinski definition) is 1. The third kappa shape index (κ3) is 4.01. The molecule has 0 bridgehead atoms. The maximum Gasteiger partial charge on any atom is 0.335 e. The van der Waals surface area contributed by atoms with Crippen molar-refractivity contribution >= 4 is 35.4 Å². The van der Waals surface area contributed by atoms with Crippen molar-refractivity contribution in [2.24, 2.45) is 0 Å². The molecule has 1 N–H and O–H groups in total. The highest BCUT2D eigenvalue weighted by atomic mass is 32.2. The summed E-state index contributed by atoms with van der Waals surface area (Å²) in [5.74, 6) is 1.47. The first-order chi connectivity index (χ1) is 13.1. The van der Waals surface area contributed by atoms with E-state index < -0.39 is 5.97 Å². The molecule has 0 atom stereocenters. The van der Waals surface area contributed by atoms with Crippen LogP contribution in [0.5, 0.6) is 0 Å².